The van der Waals surface area contributed by atoms with Crippen molar-refractivity contribution in [2.75, 3.05) is 20.1 Å². The van der Waals surface area contributed by atoms with Gasteiger partial charge < -0.3 is 14.8 Å². The maximum Gasteiger partial charge on any atom is 0.254 e. The van der Waals surface area contributed by atoms with Crippen LogP contribution >= 0.6 is 0 Å². The Bertz CT molecular complexity index is 724. The van der Waals surface area contributed by atoms with Crippen LogP contribution in [-0.4, -0.2) is 57.8 Å². The predicted octanol–water partition coefficient (Wildman–Crippen LogP) is 2.04. The Kier molecular flexibility index (Phi) is 4.32. The first-order valence-electron chi connectivity index (χ1n) is 8.11. The summed E-state index contributed by atoms with van der Waals surface area (Å²) in [5, 5.41) is 0. The van der Waals surface area contributed by atoms with Gasteiger partial charge >= 0.3 is 0 Å². The molecule has 1 aliphatic rings. The summed E-state index contributed by atoms with van der Waals surface area (Å²) in [7, 11) is 1.81. The van der Waals surface area contributed by atoms with Crippen LogP contribution in [0.15, 0.2) is 24.5 Å². The predicted molar refractivity (Wildman–Crippen MR) is 88.1 cm³/mol. The molecule has 6 heteroatoms. The minimum Gasteiger partial charge on any atom is -0.345 e. The quantitative estimate of drug-likeness (QED) is 0.939. The number of rotatable bonds is 4. The molecule has 3 rings (SSSR count). The molecule has 0 aliphatic carbocycles. The number of H-pyrrole nitrogens is 1. The number of carbonyl (C=O) groups excluding carboxylic acids is 2. The van der Waals surface area contributed by atoms with E-state index in [2.05, 4.69) is 16.9 Å². The zero-order valence-electron chi connectivity index (χ0n) is 13.6. The molecule has 122 valence electrons. The average Bonchev–Trinajstić information content (AvgIpc) is 3.03. The number of nitrogens with one attached hydrogen (secondary N) is 1. The van der Waals surface area contributed by atoms with Crippen molar-refractivity contribution in [1.82, 2.24) is 19.8 Å². The summed E-state index contributed by atoms with van der Waals surface area (Å²) in [6.07, 6.45) is 4.28. The number of hydrogen-bond donors (Lipinski definition) is 1. The Morgan fingerprint density at radius 3 is 3.00 bits per heavy atom. The van der Waals surface area contributed by atoms with Crippen LogP contribution in [0.2, 0.25) is 0 Å². The lowest BCUT2D eigenvalue weighted by molar-refractivity contribution is -0.138. The summed E-state index contributed by atoms with van der Waals surface area (Å²) in [4.78, 5) is 36.0. The molecular formula is C17H22N4O2. The fraction of sp³-hybridized carbons (Fsp3) is 0.471. The summed E-state index contributed by atoms with van der Waals surface area (Å²) in [6, 6.07) is 5.08. The van der Waals surface area contributed by atoms with E-state index in [9.17, 15) is 9.59 Å². The van der Waals surface area contributed by atoms with E-state index in [4.69, 9.17) is 0 Å². The van der Waals surface area contributed by atoms with Gasteiger partial charge in [0.1, 0.15) is 6.04 Å². The Morgan fingerprint density at radius 2 is 2.22 bits per heavy atom. The highest BCUT2D eigenvalue weighted by Gasteiger charge is 2.35. The maximum absolute atomic E-state index is 12.9. The fourth-order valence-corrected chi connectivity index (χ4v) is 3.07. The van der Waals surface area contributed by atoms with Gasteiger partial charge in [0.2, 0.25) is 5.91 Å². The van der Waals surface area contributed by atoms with Crippen molar-refractivity contribution in [1.29, 1.82) is 0 Å². The summed E-state index contributed by atoms with van der Waals surface area (Å²) in [5.41, 5.74) is 2.26. The first-order chi connectivity index (χ1) is 11.1. The van der Waals surface area contributed by atoms with Crippen LogP contribution in [0.5, 0.6) is 0 Å². The second kappa shape index (κ2) is 6.40. The highest BCUT2D eigenvalue weighted by atomic mass is 16.2. The number of aromatic amines is 1. The van der Waals surface area contributed by atoms with E-state index in [0.29, 0.717) is 18.7 Å². The zero-order valence-corrected chi connectivity index (χ0v) is 13.6. The van der Waals surface area contributed by atoms with E-state index in [1.54, 1.807) is 29.2 Å². The SMILES string of the molecule is CCCC[C@@H]1C(=O)N(C)CCN1C(=O)c1ccc2nc[nH]c2c1. The number of aromatic nitrogens is 2. The van der Waals surface area contributed by atoms with Gasteiger partial charge in [-0.15, -0.1) is 0 Å². The van der Waals surface area contributed by atoms with Crippen molar-refractivity contribution in [3.8, 4) is 0 Å². The third kappa shape index (κ3) is 2.93. The molecule has 2 heterocycles. The van der Waals surface area contributed by atoms with E-state index in [-0.39, 0.29) is 17.9 Å². The summed E-state index contributed by atoms with van der Waals surface area (Å²) in [5.74, 6) is -0.0373. The van der Waals surface area contributed by atoms with Crippen molar-refractivity contribution in [3.05, 3.63) is 30.1 Å². The van der Waals surface area contributed by atoms with Crippen molar-refractivity contribution in [2.45, 2.75) is 32.2 Å². The number of imidazole rings is 1. The molecule has 1 aromatic heterocycles. The topological polar surface area (TPSA) is 69.3 Å². The number of fused-ring (bicyclic) bond motifs is 1. The molecule has 0 saturated carbocycles. The molecule has 2 aromatic rings. The molecule has 1 N–H and O–H groups in total. The molecule has 1 fully saturated rings. The smallest absolute Gasteiger partial charge is 0.254 e. The van der Waals surface area contributed by atoms with E-state index in [1.807, 2.05) is 12.1 Å². The Morgan fingerprint density at radius 1 is 1.39 bits per heavy atom. The van der Waals surface area contributed by atoms with Crippen LogP contribution in [0.4, 0.5) is 0 Å². The zero-order chi connectivity index (χ0) is 16.4. The molecular weight excluding hydrogens is 292 g/mol. The van der Waals surface area contributed by atoms with Crippen LogP contribution in [0.1, 0.15) is 36.5 Å². The van der Waals surface area contributed by atoms with Gasteiger partial charge in [0.05, 0.1) is 17.4 Å². The molecule has 1 aliphatic heterocycles. The number of amides is 2. The number of hydrogen-bond acceptors (Lipinski definition) is 3. The van der Waals surface area contributed by atoms with Gasteiger partial charge in [-0.3, -0.25) is 9.59 Å². The van der Waals surface area contributed by atoms with E-state index in [1.165, 1.54) is 0 Å². The molecule has 23 heavy (non-hydrogen) atoms. The fourth-order valence-electron chi connectivity index (χ4n) is 3.07. The number of piperazine rings is 1. The van der Waals surface area contributed by atoms with Crippen molar-refractivity contribution >= 4 is 22.8 Å². The number of nitrogens with zero attached hydrogens (tertiary/aromatic N) is 3. The van der Waals surface area contributed by atoms with Crippen molar-refractivity contribution < 1.29 is 9.59 Å². The Labute approximate surface area is 135 Å². The Balaban J connectivity index is 1.87. The number of carbonyl (C=O) groups is 2. The first kappa shape index (κ1) is 15.5. The van der Waals surface area contributed by atoms with Crippen LogP contribution < -0.4 is 0 Å². The van der Waals surface area contributed by atoms with E-state index in [0.717, 1.165) is 30.3 Å². The van der Waals surface area contributed by atoms with Gasteiger partial charge in [0, 0.05) is 25.7 Å². The molecule has 1 atom stereocenters. The molecule has 6 nitrogen and oxygen atoms in total. The molecule has 1 saturated heterocycles. The summed E-state index contributed by atoms with van der Waals surface area (Å²) in [6.45, 7) is 3.26. The molecule has 1 aromatic carbocycles. The summed E-state index contributed by atoms with van der Waals surface area (Å²) >= 11 is 0. The minimum absolute atomic E-state index is 0.0423. The molecule has 0 spiro atoms. The second-order valence-electron chi connectivity index (χ2n) is 6.05. The largest absolute Gasteiger partial charge is 0.345 e. The lowest BCUT2D eigenvalue weighted by atomic mass is 10.0. The summed E-state index contributed by atoms with van der Waals surface area (Å²) < 4.78 is 0. The van der Waals surface area contributed by atoms with E-state index < -0.39 is 0 Å². The van der Waals surface area contributed by atoms with Crippen LogP contribution in [-0.2, 0) is 4.79 Å². The monoisotopic (exact) mass is 314 g/mol. The van der Waals surface area contributed by atoms with Gasteiger partial charge in [0.15, 0.2) is 0 Å². The lowest BCUT2D eigenvalue weighted by Crippen LogP contribution is -2.57. The van der Waals surface area contributed by atoms with Crippen LogP contribution in [0, 0.1) is 0 Å². The third-order valence-corrected chi connectivity index (χ3v) is 4.47. The van der Waals surface area contributed by atoms with Crippen LogP contribution in [0.25, 0.3) is 11.0 Å². The van der Waals surface area contributed by atoms with Gasteiger partial charge in [-0.05, 0) is 24.6 Å². The second-order valence-corrected chi connectivity index (χ2v) is 6.05. The van der Waals surface area contributed by atoms with Crippen molar-refractivity contribution in [3.63, 3.8) is 0 Å². The van der Waals surface area contributed by atoms with Crippen LogP contribution in [0.3, 0.4) is 0 Å². The third-order valence-electron chi connectivity index (χ3n) is 4.47. The molecule has 2 amide bonds. The minimum atomic E-state index is -0.348. The maximum atomic E-state index is 12.9. The Hall–Kier alpha value is -2.37. The number of unbranched alkanes of at least 4 members (excludes halogenated alkanes) is 1. The van der Waals surface area contributed by atoms with Gasteiger partial charge in [-0.25, -0.2) is 4.98 Å². The highest BCUT2D eigenvalue weighted by molar-refractivity contribution is 6.00. The highest BCUT2D eigenvalue weighted by Crippen LogP contribution is 2.20. The number of benzene rings is 1. The standard InChI is InChI=1S/C17H22N4O2/c1-3-4-5-15-17(23)20(2)8-9-21(15)16(22)12-6-7-13-14(10-12)19-11-18-13/h6-7,10-11,15H,3-5,8-9H2,1-2H3,(H,18,19)/t15-/m1/s1. The van der Waals surface area contributed by atoms with Gasteiger partial charge in [0.25, 0.3) is 5.91 Å². The van der Waals surface area contributed by atoms with Crippen molar-refractivity contribution in [2.24, 2.45) is 0 Å². The molecule has 0 bridgehead atoms. The normalized spacial score (nSPS) is 18.7. The van der Waals surface area contributed by atoms with Gasteiger partial charge in [-0.2, -0.15) is 0 Å². The molecule has 0 radical (unpaired) electrons. The first-order valence-corrected chi connectivity index (χ1v) is 8.11. The number of likely N-dealkylation sites (N-methyl/N-ethyl adjacent to an activating group) is 1. The van der Waals surface area contributed by atoms with E-state index >= 15 is 0 Å². The average molecular weight is 314 g/mol. The molecule has 0 unspecified atom stereocenters. The van der Waals surface area contributed by atoms with Gasteiger partial charge in [-0.1, -0.05) is 19.8 Å². The lowest BCUT2D eigenvalue weighted by Gasteiger charge is -2.39.